The number of nitrogens with one attached hydrogen (secondary N) is 1. The van der Waals surface area contributed by atoms with Gasteiger partial charge in [0.15, 0.2) is 0 Å². The molecule has 1 atom stereocenters. The predicted octanol–water partition coefficient (Wildman–Crippen LogP) is 1.45. The number of carbonyl (C=O) groups excluding carboxylic acids is 1. The van der Waals surface area contributed by atoms with Crippen molar-refractivity contribution in [1.29, 1.82) is 0 Å². The Bertz CT molecular complexity index is 741. The van der Waals surface area contributed by atoms with Gasteiger partial charge in [-0.1, -0.05) is 18.6 Å². The average molecular weight is 301 g/mol. The van der Waals surface area contributed by atoms with Crippen LogP contribution in [0, 0.1) is 0 Å². The highest BCUT2D eigenvalue weighted by molar-refractivity contribution is 5.77. The van der Waals surface area contributed by atoms with Crippen LogP contribution in [0.15, 0.2) is 29.1 Å². The van der Waals surface area contributed by atoms with Crippen LogP contribution in [0.2, 0.25) is 0 Å². The number of esters is 1. The van der Waals surface area contributed by atoms with E-state index in [2.05, 4.69) is 9.97 Å². The SMILES string of the molecule is COC(=O)[C@H]1CCCCN1Cc1nc2ccccc2c(=O)[nH]1. The van der Waals surface area contributed by atoms with E-state index in [0.717, 1.165) is 25.8 Å². The second-order valence-corrected chi connectivity index (χ2v) is 5.53. The lowest BCUT2D eigenvalue weighted by atomic mass is 10.0. The summed E-state index contributed by atoms with van der Waals surface area (Å²) in [6, 6.07) is 6.99. The Labute approximate surface area is 128 Å². The molecule has 22 heavy (non-hydrogen) atoms. The molecule has 116 valence electrons. The van der Waals surface area contributed by atoms with Crippen molar-refractivity contribution in [3.05, 3.63) is 40.4 Å². The number of fused-ring (bicyclic) bond motifs is 1. The minimum absolute atomic E-state index is 0.146. The zero-order valence-electron chi connectivity index (χ0n) is 12.5. The van der Waals surface area contributed by atoms with E-state index in [1.165, 1.54) is 7.11 Å². The predicted molar refractivity (Wildman–Crippen MR) is 82.4 cm³/mol. The first-order chi connectivity index (χ1) is 10.7. The Morgan fingerprint density at radius 2 is 2.23 bits per heavy atom. The molecule has 0 radical (unpaired) electrons. The lowest BCUT2D eigenvalue weighted by molar-refractivity contribution is -0.148. The normalized spacial score (nSPS) is 19.2. The molecule has 0 amide bonds. The monoisotopic (exact) mass is 301 g/mol. The van der Waals surface area contributed by atoms with Crippen LogP contribution in [0.1, 0.15) is 25.1 Å². The Morgan fingerprint density at radius 3 is 3.05 bits per heavy atom. The molecular weight excluding hydrogens is 282 g/mol. The number of likely N-dealkylation sites (tertiary alicyclic amines) is 1. The molecule has 0 unspecified atom stereocenters. The van der Waals surface area contributed by atoms with Crippen molar-refractivity contribution in [1.82, 2.24) is 14.9 Å². The quantitative estimate of drug-likeness (QED) is 0.869. The van der Waals surface area contributed by atoms with Gasteiger partial charge in [-0.05, 0) is 31.5 Å². The molecule has 1 aromatic heterocycles. The summed E-state index contributed by atoms with van der Waals surface area (Å²) in [5.41, 5.74) is 0.528. The van der Waals surface area contributed by atoms with Crippen molar-refractivity contribution in [2.45, 2.75) is 31.8 Å². The number of aromatic amines is 1. The molecule has 2 heterocycles. The Kier molecular flexibility index (Phi) is 4.20. The van der Waals surface area contributed by atoms with Crippen molar-refractivity contribution in [3.8, 4) is 0 Å². The van der Waals surface area contributed by atoms with Gasteiger partial charge in [0.2, 0.25) is 0 Å². The Morgan fingerprint density at radius 1 is 1.41 bits per heavy atom. The van der Waals surface area contributed by atoms with E-state index in [-0.39, 0.29) is 17.6 Å². The highest BCUT2D eigenvalue weighted by Gasteiger charge is 2.29. The summed E-state index contributed by atoms with van der Waals surface area (Å²) in [7, 11) is 1.41. The third kappa shape index (κ3) is 2.87. The first-order valence-corrected chi connectivity index (χ1v) is 7.49. The van der Waals surface area contributed by atoms with Crippen LogP contribution in [0.25, 0.3) is 10.9 Å². The molecule has 0 saturated carbocycles. The van der Waals surface area contributed by atoms with Crippen molar-refractivity contribution in [2.75, 3.05) is 13.7 Å². The molecule has 1 saturated heterocycles. The number of hydrogen-bond donors (Lipinski definition) is 1. The first-order valence-electron chi connectivity index (χ1n) is 7.49. The van der Waals surface area contributed by atoms with Gasteiger partial charge < -0.3 is 9.72 Å². The van der Waals surface area contributed by atoms with Crippen LogP contribution in [0.3, 0.4) is 0 Å². The number of aromatic nitrogens is 2. The van der Waals surface area contributed by atoms with Crippen LogP contribution in [-0.4, -0.2) is 40.5 Å². The summed E-state index contributed by atoms with van der Waals surface area (Å²) in [4.78, 5) is 33.3. The zero-order valence-corrected chi connectivity index (χ0v) is 12.5. The van der Waals surface area contributed by atoms with E-state index < -0.39 is 0 Å². The van der Waals surface area contributed by atoms with Crippen LogP contribution in [-0.2, 0) is 16.1 Å². The average Bonchev–Trinajstić information content (AvgIpc) is 2.55. The van der Waals surface area contributed by atoms with E-state index in [1.54, 1.807) is 6.07 Å². The van der Waals surface area contributed by atoms with E-state index in [4.69, 9.17) is 4.74 Å². The number of piperidine rings is 1. The maximum atomic E-state index is 12.1. The van der Waals surface area contributed by atoms with Gasteiger partial charge in [-0.15, -0.1) is 0 Å². The van der Waals surface area contributed by atoms with Gasteiger partial charge in [-0.3, -0.25) is 14.5 Å². The van der Waals surface area contributed by atoms with E-state index >= 15 is 0 Å². The molecule has 6 heteroatoms. The molecule has 1 aliphatic heterocycles. The molecule has 0 spiro atoms. The summed E-state index contributed by atoms with van der Waals surface area (Å²) < 4.78 is 4.88. The van der Waals surface area contributed by atoms with Crippen LogP contribution < -0.4 is 5.56 Å². The second-order valence-electron chi connectivity index (χ2n) is 5.53. The van der Waals surface area contributed by atoms with Gasteiger partial charge in [0.25, 0.3) is 5.56 Å². The van der Waals surface area contributed by atoms with Gasteiger partial charge >= 0.3 is 5.97 Å². The number of benzene rings is 1. The molecular formula is C16H19N3O3. The van der Waals surface area contributed by atoms with Crippen LogP contribution in [0.4, 0.5) is 0 Å². The molecule has 1 N–H and O–H groups in total. The van der Waals surface area contributed by atoms with Gasteiger partial charge in [-0.2, -0.15) is 0 Å². The molecule has 2 aromatic rings. The smallest absolute Gasteiger partial charge is 0.323 e. The number of nitrogens with zero attached hydrogens (tertiary/aromatic N) is 2. The summed E-state index contributed by atoms with van der Waals surface area (Å²) in [6.07, 6.45) is 2.83. The molecule has 3 rings (SSSR count). The highest BCUT2D eigenvalue weighted by Crippen LogP contribution is 2.20. The van der Waals surface area contributed by atoms with E-state index in [0.29, 0.717) is 23.3 Å². The fourth-order valence-corrected chi connectivity index (χ4v) is 2.99. The van der Waals surface area contributed by atoms with Gasteiger partial charge in [0.05, 0.1) is 24.6 Å². The lowest BCUT2D eigenvalue weighted by Gasteiger charge is -2.33. The van der Waals surface area contributed by atoms with Crippen molar-refractivity contribution < 1.29 is 9.53 Å². The summed E-state index contributed by atoms with van der Waals surface area (Å²) in [5, 5.41) is 0.578. The van der Waals surface area contributed by atoms with Gasteiger partial charge in [0.1, 0.15) is 11.9 Å². The second kappa shape index (κ2) is 6.27. The number of para-hydroxylation sites is 1. The standard InChI is InChI=1S/C16H19N3O3/c1-22-16(21)13-8-4-5-9-19(13)10-14-17-12-7-3-2-6-11(12)15(20)18-14/h2-3,6-7,13H,4-5,8-10H2,1H3,(H,17,18,20)/t13-/m1/s1. The molecule has 0 aliphatic carbocycles. The fourth-order valence-electron chi connectivity index (χ4n) is 2.99. The fraction of sp³-hybridized carbons (Fsp3) is 0.438. The number of H-pyrrole nitrogens is 1. The largest absolute Gasteiger partial charge is 0.468 e. The minimum atomic E-state index is -0.254. The first kappa shape index (κ1) is 14.7. The molecule has 6 nitrogen and oxygen atoms in total. The van der Waals surface area contributed by atoms with Crippen molar-refractivity contribution >= 4 is 16.9 Å². The topological polar surface area (TPSA) is 75.3 Å². The third-order valence-corrected chi connectivity index (χ3v) is 4.10. The number of carbonyl (C=O) groups is 1. The summed E-state index contributed by atoms with van der Waals surface area (Å²) in [5.74, 6) is 0.363. The van der Waals surface area contributed by atoms with Crippen LogP contribution >= 0.6 is 0 Å². The van der Waals surface area contributed by atoms with Crippen molar-refractivity contribution in [2.24, 2.45) is 0 Å². The maximum Gasteiger partial charge on any atom is 0.323 e. The molecule has 1 aliphatic rings. The summed E-state index contributed by atoms with van der Waals surface area (Å²) in [6.45, 7) is 1.25. The maximum absolute atomic E-state index is 12.1. The van der Waals surface area contributed by atoms with Crippen molar-refractivity contribution in [3.63, 3.8) is 0 Å². The zero-order chi connectivity index (χ0) is 15.5. The van der Waals surface area contributed by atoms with E-state index in [1.807, 2.05) is 23.1 Å². The molecule has 1 fully saturated rings. The number of ether oxygens (including phenoxy) is 1. The van der Waals surface area contributed by atoms with Crippen LogP contribution in [0.5, 0.6) is 0 Å². The number of methoxy groups -OCH3 is 1. The van der Waals surface area contributed by atoms with E-state index in [9.17, 15) is 9.59 Å². The third-order valence-electron chi connectivity index (χ3n) is 4.10. The molecule has 1 aromatic carbocycles. The Balaban J connectivity index is 1.88. The Hall–Kier alpha value is -2.21. The summed E-state index contributed by atoms with van der Waals surface area (Å²) >= 11 is 0. The molecule has 0 bridgehead atoms. The number of hydrogen-bond acceptors (Lipinski definition) is 5. The highest BCUT2D eigenvalue weighted by atomic mass is 16.5. The minimum Gasteiger partial charge on any atom is -0.468 e. The van der Waals surface area contributed by atoms with Gasteiger partial charge in [-0.25, -0.2) is 4.98 Å². The number of rotatable bonds is 3. The van der Waals surface area contributed by atoms with Gasteiger partial charge in [0, 0.05) is 0 Å². The lowest BCUT2D eigenvalue weighted by Crippen LogP contribution is -2.45.